The lowest BCUT2D eigenvalue weighted by atomic mass is 10.0. The summed E-state index contributed by atoms with van der Waals surface area (Å²) in [5.41, 5.74) is 5.21. The Hall–Kier alpha value is -1.03. The Morgan fingerprint density at radius 1 is 1.00 bits per heavy atom. The summed E-state index contributed by atoms with van der Waals surface area (Å²) in [5, 5.41) is 0. The Labute approximate surface area is 122 Å². The molecule has 0 atom stereocenters. The van der Waals surface area contributed by atoms with E-state index in [1.807, 2.05) is 12.1 Å². The van der Waals surface area contributed by atoms with E-state index in [1.54, 1.807) is 0 Å². The maximum Gasteiger partial charge on any atom is 0.120 e. The average Bonchev–Trinajstić information content (AvgIpc) is 2.27. The second kappa shape index (κ2) is 5.74. The number of ether oxygens (including phenoxy) is 1. The van der Waals surface area contributed by atoms with Crippen molar-refractivity contribution in [3.8, 4) is 5.75 Å². The van der Waals surface area contributed by atoms with Crippen LogP contribution in [0.15, 0.2) is 36.4 Å². The third-order valence-electron chi connectivity index (χ3n) is 3.02. The van der Waals surface area contributed by atoms with Gasteiger partial charge >= 0.3 is 0 Å². The quantitative estimate of drug-likeness (QED) is 0.722. The highest BCUT2D eigenvalue weighted by Gasteiger charge is 2.05. The minimum atomic E-state index is 0.637. The molecule has 0 bridgehead atoms. The average molecular weight is 352 g/mol. The van der Waals surface area contributed by atoms with Crippen LogP contribution < -0.4 is 4.74 Å². The van der Waals surface area contributed by atoms with Gasteiger partial charge < -0.3 is 4.74 Å². The van der Waals surface area contributed by atoms with Gasteiger partial charge in [-0.15, -0.1) is 0 Å². The minimum Gasteiger partial charge on any atom is -0.489 e. The molecule has 1 nitrogen and oxygen atoms in total. The summed E-state index contributed by atoms with van der Waals surface area (Å²) in [6, 6.07) is 12.6. The summed E-state index contributed by atoms with van der Waals surface area (Å²) >= 11 is 2.30. The van der Waals surface area contributed by atoms with Crippen LogP contribution in [0.2, 0.25) is 0 Å². The van der Waals surface area contributed by atoms with Gasteiger partial charge in [0.1, 0.15) is 12.4 Å². The molecule has 0 saturated carbocycles. The first-order valence-electron chi connectivity index (χ1n) is 6.01. The van der Waals surface area contributed by atoms with Gasteiger partial charge in [-0.3, -0.25) is 0 Å². The molecule has 0 saturated heterocycles. The Morgan fingerprint density at radius 2 is 1.67 bits per heavy atom. The van der Waals surface area contributed by atoms with E-state index in [-0.39, 0.29) is 0 Å². The van der Waals surface area contributed by atoms with E-state index in [0.29, 0.717) is 6.61 Å². The SMILES string of the molecule is Cc1cc(C)c(COc2cccc(I)c2)c(C)c1. The van der Waals surface area contributed by atoms with Crippen LogP contribution in [0.25, 0.3) is 0 Å². The van der Waals surface area contributed by atoms with Gasteiger partial charge in [0.05, 0.1) is 0 Å². The lowest BCUT2D eigenvalue weighted by molar-refractivity contribution is 0.304. The van der Waals surface area contributed by atoms with Crippen molar-refractivity contribution in [1.82, 2.24) is 0 Å². The molecule has 2 aromatic carbocycles. The zero-order valence-corrected chi connectivity index (χ0v) is 13.1. The van der Waals surface area contributed by atoms with E-state index >= 15 is 0 Å². The van der Waals surface area contributed by atoms with E-state index in [0.717, 1.165) is 5.75 Å². The molecule has 0 unspecified atom stereocenters. The molecule has 0 amide bonds. The van der Waals surface area contributed by atoms with Crippen LogP contribution in [-0.4, -0.2) is 0 Å². The Balaban J connectivity index is 2.16. The summed E-state index contributed by atoms with van der Waals surface area (Å²) in [6.45, 7) is 7.06. The maximum absolute atomic E-state index is 5.87. The van der Waals surface area contributed by atoms with Crippen LogP contribution >= 0.6 is 22.6 Å². The first-order chi connectivity index (χ1) is 8.56. The molecular formula is C16H17IO. The van der Waals surface area contributed by atoms with Gasteiger partial charge in [-0.1, -0.05) is 23.8 Å². The Morgan fingerprint density at radius 3 is 2.28 bits per heavy atom. The molecule has 2 aromatic rings. The summed E-state index contributed by atoms with van der Waals surface area (Å²) in [4.78, 5) is 0. The second-order valence-electron chi connectivity index (χ2n) is 4.62. The van der Waals surface area contributed by atoms with Crippen molar-refractivity contribution in [1.29, 1.82) is 0 Å². The molecule has 0 aliphatic carbocycles. The fraction of sp³-hybridized carbons (Fsp3) is 0.250. The molecule has 2 rings (SSSR count). The van der Waals surface area contributed by atoms with Crippen molar-refractivity contribution in [2.24, 2.45) is 0 Å². The van der Waals surface area contributed by atoms with Crippen molar-refractivity contribution in [3.05, 3.63) is 62.2 Å². The third-order valence-corrected chi connectivity index (χ3v) is 3.69. The molecular weight excluding hydrogens is 335 g/mol. The highest BCUT2D eigenvalue weighted by molar-refractivity contribution is 14.1. The lowest BCUT2D eigenvalue weighted by Gasteiger charge is -2.13. The Kier molecular flexibility index (Phi) is 4.27. The van der Waals surface area contributed by atoms with E-state index in [4.69, 9.17) is 4.74 Å². The predicted octanol–water partition coefficient (Wildman–Crippen LogP) is 4.80. The topological polar surface area (TPSA) is 9.23 Å². The zero-order valence-electron chi connectivity index (χ0n) is 11.0. The summed E-state index contributed by atoms with van der Waals surface area (Å²) in [5.74, 6) is 0.932. The van der Waals surface area contributed by atoms with Gasteiger partial charge in [0.15, 0.2) is 0 Å². The van der Waals surface area contributed by atoms with E-state index in [2.05, 4.69) is 67.6 Å². The maximum atomic E-state index is 5.87. The van der Waals surface area contributed by atoms with Crippen LogP contribution in [0.3, 0.4) is 0 Å². The zero-order chi connectivity index (χ0) is 13.1. The van der Waals surface area contributed by atoms with E-state index in [9.17, 15) is 0 Å². The molecule has 0 spiro atoms. The fourth-order valence-electron chi connectivity index (χ4n) is 2.15. The third kappa shape index (κ3) is 3.25. The van der Waals surface area contributed by atoms with Gasteiger partial charge in [-0.2, -0.15) is 0 Å². The summed E-state index contributed by atoms with van der Waals surface area (Å²) < 4.78 is 7.07. The van der Waals surface area contributed by atoms with E-state index in [1.165, 1.54) is 25.8 Å². The van der Waals surface area contributed by atoms with Crippen LogP contribution in [-0.2, 0) is 6.61 Å². The molecule has 0 aliphatic heterocycles. The van der Waals surface area contributed by atoms with Crippen molar-refractivity contribution in [2.75, 3.05) is 0 Å². The minimum absolute atomic E-state index is 0.637. The molecule has 94 valence electrons. The van der Waals surface area contributed by atoms with Crippen molar-refractivity contribution in [2.45, 2.75) is 27.4 Å². The van der Waals surface area contributed by atoms with Crippen LogP contribution in [0, 0.1) is 24.3 Å². The van der Waals surface area contributed by atoms with E-state index < -0.39 is 0 Å². The number of aryl methyl sites for hydroxylation is 3. The van der Waals surface area contributed by atoms with Gasteiger partial charge in [-0.25, -0.2) is 0 Å². The Bertz CT molecular complexity index is 538. The number of benzene rings is 2. The molecule has 0 fully saturated rings. The van der Waals surface area contributed by atoms with Crippen LogP contribution in [0.5, 0.6) is 5.75 Å². The molecule has 18 heavy (non-hydrogen) atoms. The van der Waals surface area contributed by atoms with Gasteiger partial charge in [-0.05, 0) is 78.3 Å². The van der Waals surface area contributed by atoms with Crippen LogP contribution in [0.4, 0.5) is 0 Å². The van der Waals surface area contributed by atoms with Crippen LogP contribution in [0.1, 0.15) is 22.3 Å². The standard InChI is InChI=1S/C16H17IO/c1-11-7-12(2)16(13(3)8-11)10-18-15-6-4-5-14(17)9-15/h4-9H,10H2,1-3H3. The smallest absolute Gasteiger partial charge is 0.120 e. The summed E-state index contributed by atoms with van der Waals surface area (Å²) in [7, 11) is 0. The molecule has 0 heterocycles. The van der Waals surface area contributed by atoms with Gasteiger partial charge in [0.2, 0.25) is 0 Å². The molecule has 0 aliphatic rings. The lowest BCUT2D eigenvalue weighted by Crippen LogP contribution is -2.01. The van der Waals surface area contributed by atoms with Crippen molar-refractivity contribution >= 4 is 22.6 Å². The highest BCUT2D eigenvalue weighted by Crippen LogP contribution is 2.20. The largest absolute Gasteiger partial charge is 0.489 e. The van der Waals surface area contributed by atoms with Crippen molar-refractivity contribution in [3.63, 3.8) is 0 Å². The molecule has 2 heteroatoms. The number of hydrogen-bond donors (Lipinski definition) is 0. The molecule has 0 radical (unpaired) electrons. The normalized spacial score (nSPS) is 10.4. The number of rotatable bonds is 3. The van der Waals surface area contributed by atoms with Crippen molar-refractivity contribution < 1.29 is 4.74 Å². The molecule has 0 aromatic heterocycles. The fourth-order valence-corrected chi connectivity index (χ4v) is 2.66. The first-order valence-corrected chi connectivity index (χ1v) is 7.09. The predicted molar refractivity (Wildman–Crippen MR) is 84.1 cm³/mol. The highest BCUT2D eigenvalue weighted by atomic mass is 127. The second-order valence-corrected chi connectivity index (χ2v) is 5.87. The number of halogens is 1. The summed E-state index contributed by atoms with van der Waals surface area (Å²) in [6.07, 6.45) is 0. The monoisotopic (exact) mass is 352 g/mol. The molecule has 0 N–H and O–H groups in total. The number of hydrogen-bond acceptors (Lipinski definition) is 1. The van der Waals surface area contributed by atoms with Gasteiger partial charge in [0.25, 0.3) is 0 Å². The van der Waals surface area contributed by atoms with Gasteiger partial charge in [0, 0.05) is 3.57 Å². The first kappa shape index (κ1) is 13.4.